The number of nitrogens with zero attached hydrogens (tertiary/aromatic N) is 3. The first-order chi connectivity index (χ1) is 13.2. The summed E-state index contributed by atoms with van der Waals surface area (Å²) in [4.78, 5) is 22.4. The second-order valence-corrected chi connectivity index (χ2v) is 8.54. The van der Waals surface area contributed by atoms with E-state index in [2.05, 4.69) is 15.3 Å². The average Bonchev–Trinajstić information content (AvgIpc) is 3.03. The van der Waals surface area contributed by atoms with E-state index in [1.54, 1.807) is 29.3 Å². The van der Waals surface area contributed by atoms with Crippen LogP contribution in [0, 0.1) is 5.92 Å². The number of hydrogen-bond donors (Lipinski definition) is 2. The standard InChI is InChI=1S/C18H23N5O4S/c1-11(2)15-10-27-18(24)23(15)16-8-9-20-17(22-16)21-12(3)13-4-6-14(7-5-13)28(19,25)26/h4-9,11-12,15H,10H2,1-3H3,(H2,19,25,26)(H,20,21,22)/t12?,15-/m1/s1. The summed E-state index contributed by atoms with van der Waals surface area (Å²) >= 11 is 0. The largest absolute Gasteiger partial charge is 0.447 e. The molecule has 0 spiro atoms. The predicted octanol–water partition coefficient (Wildman–Crippen LogP) is 2.28. The highest BCUT2D eigenvalue weighted by atomic mass is 32.2. The van der Waals surface area contributed by atoms with Gasteiger partial charge in [-0.05, 0) is 36.6 Å². The van der Waals surface area contributed by atoms with E-state index in [1.807, 2.05) is 20.8 Å². The molecule has 3 rings (SSSR count). The van der Waals surface area contributed by atoms with Gasteiger partial charge in [-0.3, -0.25) is 4.90 Å². The molecule has 2 atom stereocenters. The van der Waals surface area contributed by atoms with Crippen molar-refractivity contribution in [2.75, 3.05) is 16.8 Å². The average molecular weight is 405 g/mol. The predicted molar refractivity (Wildman–Crippen MR) is 104 cm³/mol. The van der Waals surface area contributed by atoms with E-state index in [1.165, 1.54) is 12.1 Å². The van der Waals surface area contributed by atoms with Crippen LogP contribution >= 0.6 is 0 Å². The number of ether oxygens (including phenoxy) is 1. The lowest BCUT2D eigenvalue weighted by molar-refractivity contribution is 0.177. The van der Waals surface area contributed by atoms with Crippen molar-refractivity contribution in [3.05, 3.63) is 42.1 Å². The van der Waals surface area contributed by atoms with E-state index in [0.29, 0.717) is 18.4 Å². The second kappa shape index (κ2) is 7.72. The third kappa shape index (κ3) is 4.23. The fourth-order valence-electron chi connectivity index (χ4n) is 2.97. The Morgan fingerprint density at radius 3 is 2.50 bits per heavy atom. The number of nitrogens with one attached hydrogen (secondary N) is 1. The van der Waals surface area contributed by atoms with Crippen LogP contribution in [0.25, 0.3) is 0 Å². The van der Waals surface area contributed by atoms with Gasteiger partial charge in [-0.15, -0.1) is 0 Å². The van der Waals surface area contributed by atoms with Gasteiger partial charge in [-0.1, -0.05) is 26.0 Å². The van der Waals surface area contributed by atoms with Gasteiger partial charge in [0.25, 0.3) is 0 Å². The summed E-state index contributed by atoms with van der Waals surface area (Å²) < 4.78 is 27.9. The molecule has 0 saturated carbocycles. The molecule has 3 N–H and O–H groups in total. The van der Waals surface area contributed by atoms with Gasteiger partial charge in [-0.2, -0.15) is 4.98 Å². The maximum Gasteiger partial charge on any atom is 0.415 e. The first-order valence-corrected chi connectivity index (χ1v) is 10.4. The van der Waals surface area contributed by atoms with Crippen LogP contribution < -0.4 is 15.4 Å². The van der Waals surface area contributed by atoms with Crippen molar-refractivity contribution in [3.8, 4) is 0 Å². The lowest BCUT2D eigenvalue weighted by Crippen LogP contribution is -2.37. The summed E-state index contributed by atoms with van der Waals surface area (Å²) in [6.07, 6.45) is 1.15. The number of carbonyl (C=O) groups is 1. The summed E-state index contributed by atoms with van der Waals surface area (Å²) in [5.41, 5.74) is 0.835. The fraction of sp³-hybridized carbons (Fsp3) is 0.389. The topological polar surface area (TPSA) is 128 Å². The minimum atomic E-state index is -3.73. The van der Waals surface area contributed by atoms with Gasteiger partial charge in [0.2, 0.25) is 16.0 Å². The van der Waals surface area contributed by atoms with Gasteiger partial charge in [-0.25, -0.2) is 23.3 Å². The minimum absolute atomic E-state index is 0.0500. The molecule has 1 saturated heterocycles. The molecule has 0 aliphatic carbocycles. The first kappa shape index (κ1) is 20.0. The van der Waals surface area contributed by atoms with Crippen LogP contribution in [0.15, 0.2) is 41.4 Å². The number of primary sulfonamides is 1. The number of anilines is 2. The molecular weight excluding hydrogens is 382 g/mol. The Labute approximate surface area is 164 Å². The van der Waals surface area contributed by atoms with Crippen LogP contribution in [-0.2, 0) is 14.8 Å². The molecule has 1 fully saturated rings. The number of benzene rings is 1. The number of hydrogen-bond acceptors (Lipinski definition) is 7. The molecule has 28 heavy (non-hydrogen) atoms. The van der Waals surface area contributed by atoms with Crippen molar-refractivity contribution in [3.63, 3.8) is 0 Å². The van der Waals surface area contributed by atoms with Crippen molar-refractivity contribution in [2.24, 2.45) is 11.1 Å². The van der Waals surface area contributed by atoms with E-state index < -0.39 is 16.1 Å². The zero-order valence-corrected chi connectivity index (χ0v) is 16.7. The Morgan fingerprint density at radius 2 is 1.89 bits per heavy atom. The maximum atomic E-state index is 12.1. The molecule has 0 bridgehead atoms. The molecule has 9 nitrogen and oxygen atoms in total. The number of rotatable bonds is 6. The molecule has 1 amide bonds. The number of carbonyl (C=O) groups excluding carboxylic acids is 1. The van der Waals surface area contributed by atoms with Gasteiger partial charge in [0.1, 0.15) is 12.4 Å². The van der Waals surface area contributed by atoms with Gasteiger partial charge in [0, 0.05) is 6.20 Å². The van der Waals surface area contributed by atoms with Crippen LogP contribution in [0.1, 0.15) is 32.4 Å². The molecule has 2 heterocycles. The normalized spacial score (nSPS) is 18.2. The fourth-order valence-corrected chi connectivity index (χ4v) is 3.48. The summed E-state index contributed by atoms with van der Waals surface area (Å²) in [5.74, 6) is 1.03. The maximum absolute atomic E-state index is 12.1. The lowest BCUT2D eigenvalue weighted by Gasteiger charge is -2.23. The van der Waals surface area contributed by atoms with E-state index in [-0.39, 0.29) is 22.9 Å². The zero-order valence-electron chi connectivity index (χ0n) is 15.9. The van der Waals surface area contributed by atoms with Crippen LogP contribution in [-0.4, -0.2) is 37.1 Å². The Balaban J connectivity index is 1.78. The number of cyclic esters (lactones) is 1. The van der Waals surface area contributed by atoms with Gasteiger partial charge < -0.3 is 10.1 Å². The molecule has 150 valence electrons. The van der Waals surface area contributed by atoms with Crippen molar-refractivity contribution < 1.29 is 17.9 Å². The van der Waals surface area contributed by atoms with Crippen LogP contribution in [0.2, 0.25) is 0 Å². The van der Waals surface area contributed by atoms with E-state index in [0.717, 1.165) is 5.56 Å². The molecule has 1 unspecified atom stereocenters. The van der Waals surface area contributed by atoms with Crippen molar-refractivity contribution in [1.29, 1.82) is 0 Å². The molecule has 1 aromatic carbocycles. The highest BCUT2D eigenvalue weighted by Crippen LogP contribution is 2.26. The van der Waals surface area contributed by atoms with Crippen molar-refractivity contribution in [1.82, 2.24) is 9.97 Å². The summed E-state index contributed by atoms with van der Waals surface area (Å²) in [5, 5.41) is 8.28. The highest BCUT2D eigenvalue weighted by Gasteiger charge is 2.37. The quantitative estimate of drug-likeness (QED) is 0.754. The van der Waals surface area contributed by atoms with E-state index in [4.69, 9.17) is 9.88 Å². The van der Waals surface area contributed by atoms with Crippen LogP contribution in [0.3, 0.4) is 0 Å². The van der Waals surface area contributed by atoms with Crippen LogP contribution in [0.5, 0.6) is 0 Å². The van der Waals surface area contributed by atoms with E-state index in [9.17, 15) is 13.2 Å². The zero-order chi connectivity index (χ0) is 20.5. The Hall–Kier alpha value is -2.72. The Morgan fingerprint density at radius 1 is 1.21 bits per heavy atom. The van der Waals surface area contributed by atoms with Crippen LogP contribution in [0.4, 0.5) is 16.6 Å². The minimum Gasteiger partial charge on any atom is -0.447 e. The van der Waals surface area contributed by atoms with Crippen molar-refractivity contribution in [2.45, 2.75) is 37.8 Å². The molecule has 1 aliphatic rings. The van der Waals surface area contributed by atoms with Gasteiger partial charge in [0.05, 0.1) is 17.0 Å². The third-order valence-corrected chi connectivity index (χ3v) is 5.55. The lowest BCUT2D eigenvalue weighted by atomic mass is 10.0. The summed E-state index contributed by atoms with van der Waals surface area (Å²) in [6, 6.07) is 7.64. The number of sulfonamides is 1. The molecule has 1 aliphatic heterocycles. The third-order valence-electron chi connectivity index (χ3n) is 4.62. The number of amides is 1. The summed E-state index contributed by atoms with van der Waals surface area (Å²) in [7, 11) is -3.73. The van der Waals surface area contributed by atoms with Crippen molar-refractivity contribution >= 4 is 27.9 Å². The van der Waals surface area contributed by atoms with E-state index >= 15 is 0 Å². The highest BCUT2D eigenvalue weighted by molar-refractivity contribution is 7.89. The molecule has 2 aromatic rings. The first-order valence-electron chi connectivity index (χ1n) is 8.85. The second-order valence-electron chi connectivity index (χ2n) is 6.98. The summed E-state index contributed by atoms with van der Waals surface area (Å²) in [6.45, 7) is 6.26. The molecule has 1 aromatic heterocycles. The molecule has 10 heteroatoms. The van der Waals surface area contributed by atoms with Gasteiger partial charge >= 0.3 is 6.09 Å². The number of aromatic nitrogens is 2. The Kier molecular flexibility index (Phi) is 5.52. The molecular formula is C18H23N5O4S. The van der Waals surface area contributed by atoms with Gasteiger partial charge in [0.15, 0.2) is 0 Å². The molecule has 0 radical (unpaired) electrons. The SMILES string of the molecule is CC(Nc1nccc(N2C(=O)OC[C@@H]2C(C)C)n1)c1ccc(S(N)(=O)=O)cc1. The Bertz CT molecular complexity index is 962. The monoisotopic (exact) mass is 405 g/mol. The number of nitrogens with two attached hydrogens (primary N) is 1. The smallest absolute Gasteiger partial charge is 0.415 e.